The highest BCUT2D eigenvalue weighted by molar-refractivity contribution is 7.22. The number of fused-ring (bicyclic) bond motifs is 1. The second kappa shape index (κ2) is 4.89. The maximum absolute atomic E-state index is 9.30. The number of benzene rings is 1. The lowest BCUT2D eigenvalue weighted by Gasteiger charge is -2.13. The number of nitrogens with one attached hydrogen (secondary N) is 1. The second-order valence-electron chi connectivity index (χ2n) is 4.38. The molecule has 0 aliphatic rings. The first-order chi connectivity index (χ1) is 8.04. The van der Waals surface area contributed by atoms with Crippen molar-refractivity contribution in [3.05, 3.63) is 18.2 Å². The molecule has 2 atom stereocenters. The van der Waals surface area contributed by atoms with Crippen LogP contribution >= 0.6 is 11.3 Å². The van der Waals surface area contributed by atoms with E-state index in [9.17, 15) is 5.11 Å². The molecular weight excluding hydrogens is 234 g/mol. The Balaban J connectivity index is 2.14. The standard InChI is InChI=1S/C12H17N3OS/c1-7(5-8(2)16)14-12-15-10-4-3-9(13)6-11(10)17-12/h3-4,6-8,16H,5,13H2,1-2H3,(H,14,15). The molecular formula is C12H17N3OS. The molecule has 0 fully saturated rings. The van der Waals surface area contributed by atoms with E-state index in [0.717, 1.165) is 21.0 Å². The molecule has 1 aromatic carbocycles. The van der Waals surface area contributed by atoms with E-state index in [1.807, 2.05) is 25.1 Å². The van der Waals surface area contributed by atoms with E-state index in [0.29, 0.717) is 6.42 Å². The van der Waals surface area contributed by atoms with E-state index in [1.165, 1.54) is 0 Å². The quantitative estimate of drug-likeness (QED) is 0.730. The molecule has 0 aliphatic heterocycles. The van der Waals surface area contributed by atoms with E-state index in [4.69, 9.17) is 5.73 Å². The molecule has 0 bridgehead atoms. The largest absolute Gasteiger partial charge is 0.399 e. The van der Waals surface area contributed by atoms with Gasteiger partial charge in [-0.2, -0.15) is 0 Å². The molecule has 0 aliphatic carbocycles. The zero-order valence-corrected chi connectivity index (χ0v) is 10.8. The van der Waals surface area contributed by atoms with Crippen LogP contribution in [0.15, 0.2) is 18.2 Å². The molecule has 2 unspecified atom stereocenters. The van der Waals surface area contributed by atoms with Crippen LogP contribution in [0.1, 0.15) is 20.3 Å². The summed E-state index contributed by atoms with van der Waals surface area (Å²) >= 11 is 1.58. The van der Waals surface area contributed by atoms with Crippen molar-refractivity contribution >= 4 is 32.4 Å². The van der Waals surface area contributed by atoms with Crippen molar-refractivity contribution in [1.29, 1.82) is 0 Å². The fraction of sp³-hybridized carbons (Fsp3) is 0.417. The Kier molecular flexibility index (Phi) is 3.49. The van der Waals surface area contributed by atoms with Gasteiger partial charge in [-0.05, 0) is 38.5 Å². The predicted octanol–water partition coefficient (Wildman–Crippen LogP) is 2.45. The van der Waals surface area contributed by atoms with Gasteiger partial charge in [0.1, 0.15) is 0 Å². The van der Waals surface area contributed by atoms with Gasteiger partial charge in [-0.15, -0.1) is 0 Å². The SMILES string of the molecule is CC(O)CC(C)Nc1nc2ccc(N)cc2s1. The summed E-state index contributed by atoms with van der Waals surface area (Å²) in [4.78, 5) is 4.47. The van der Waals surface area contributed by atoms with Gasteiger partial charge in [0.05, 0.1) is 16.3 Å². The predicted molar refractivity (Wildman–Crippen MR) is 73.4 cm³/mol. The third kappa shape index (κ3) is 3.08. The van der Waals surface area contributed by atoms with Crippen LogP contribution in [0.2, 0.25) is 0 Å². The van der Waals surface area contributed by atoms with Crippen molar-refractivity contribution in [3.63, 3.8) is 0 Å². The van der Waals surface area contributed by atoms with Crippen molar-refractivity contribution in [1.82, 2.24) is 4.98 Å². The summed E-state index contributed by atoms with van der Waals surface area (Å²) in [5, 5.41) is 13.5. The highest BCUT2D eigenvalue weighted by Gasteiger charge is 2.09. The van der Waals surface area contributed by atoms with Crippen molar-refractivity contribution in [2.45, 2.75) is 32.4 Å². The van der Waals surface area contributed by atoms with Crippen LogP contribution in [0.3, 0.4) is 0 Å². The number of nitrogens with two attached hydrogens (primary N) is 1. The highest BCUT2D eigenvalue weighted by Crippen LogP contribution is 2.28. The maximum atomic E-state index is 9.30. The van der Waals surface area contributed by atoms with Gasteiger partial charge in [-0.25, -0.2) is 4.98 Å². The van der Waals surface area contributed by atoms with Gasteiger partial charge in [0.2, 0.25) is 0 Å². The summed E-state index contributed by atoms with van der Waals surface area (Å²) in [5.41, 5.74) is 7.43. The van der Waals surface area contributed by atoms with E-state index in [2.05, 4.69) is 10.3 Å². The number of hydrogen-bond acceptors (Lipinski definition) is 5. The molecule has 0 saturated carbocycles. The average molecular weight is 251 g/mol. The second-order valence-corrected chi connectivity index (χ2v) is 5.41. The topological polar surface area (TPSA) is 71.2 Å². The minimum atomic E-state index is -0.303. The Morgan fingerprint density at radius 1 is 1.47 bits per heavy atom. The van der Waals surface area contributed by atoms with Crippen molar-refractivity contribution in [3.8, 4) is 0 Å². The molecule has 0 radical (unpaired) electrons. The van der Waals surface area contributed by atoms with Crippen LogP contribution in [-0.2, 0) is 0 Å². The summed E-state index contributed by atoms with van der Waals surface area (Å²) < 4.78 is 1.08. The fourth-order valence-electron chi connectivity index (χ4n) is 1.78. The molecule has 17 heavy (non-hydrogen) atoms. The van der Waals surface area contributed by atoms with Crippen LogP contribution < -0.4 is 11.1 Å². The summed E-state index contributed by atoms with van der Waals surface area (Å²) in [6.07, 6.45) is 0.403. The molecule has 1 heterocycles. The molecule has 1 aromatic heterocycles. The molecule has 0 spiro atoms. The third-order valence-electron chi connectivity index (χ3n) is 2.48. The molecule has 2 rings (SSSR count). The monoisotopic (exact) mass is 251 g/mol. The maximum Gasteiger partial charge on any atom is 0.184 e. The fourth-order valence-corrected chi connectivity index (χ4v) is 2.81. The van der Waals surface area contributed by atoms with Crippen LogP contribution in [0, 0.1) is 0 Å². The van der Waals surface area contributed by atoms with Gasteiger partial charge in [0.25, 0.3) is 0 Å². The Labute approximate surface area is 104 Å². The minimum absolute atomic E-state index is 0.202. The highest BCUT2D eigenvalue weighted by atomic mass is 32.1. The van der Waals surface area contributed by atoms with Gasteiger partial charge in [-0.3, -0.25) is 0 Å². The molecule has 5 heteroatoms. The number of nitrogens with zero attached hydrogens (tertiary/aromatic N) is 1. The summed E-state index contributed by atoms with van der Waals surface area (Å²) in [6.45, 7) is 3.82. The zero-order valence-electron chi connectivity index (χ0n) is 9.97. The third-order valence-corrected chi connectivity index (χ3v) is 3.43. The van der Waals surface area contributed by atoms with E-state index in [-0.39, 0.29) is 12.1 Å². The first-order valence-corrected chi connectivity index (χ1v) is 6.47. The van der Waals surface area contributed by atoms with Crippen molar-refractivity contribution in [2.24, 2.45) is 0 Å². The molecule has 0 saturated heterocycles. The number of nitrogen functional groups attached to an aromatic ring is 1. The normalized spacial score (nSPS) is 14.8. The lowest BCUT2D eigenvalue weighted by Crippen LogP contribution is -2.20. The van der Waals surface area contributed by atoms with E-state index < -0.39 is 0 Å². The lowest BCUT2D eigenvalue weighted by molar-refractivity contribution is 0.179. The number of anilines is 2. The molecule has 92 valence electrons. The molecule has 2 aromatic rings. The van der Waals surface area contributed by atoms with Gasteiger partial charge < -0.3 is 16.2 Å². The number of hydrogen-bond donors (Lipinski definition) is 3. The van der Waals surface area contributed by atoms with Crippen LogP contribution in [-0.4, -0.2) is 22.2 Å². The van der Waals surface area contributed by atoms with Gasteiger partial charge >= 0.3 is 0 Å². The number of rotatable bonds is 4. The Morgan fingerprint density at radius 3 is 2.94 bits per heavy atom. The van der Waals surface area contributed by atoms with Gasteiger partial charge in [0, 0.05) is 11.7 Å². The number of thiazole rings is 1. The minimum Gasteiger partial charge on any atom is -0.399 e. The number of aromatic nitrogens is 1. The summed E-state index contributed by atoms with van der Waals surface area (Å²) in [6, 6.07) is 5.90. The first kappa shape index (κ1) is 12.1. The summed E-state index contributed by atoms with van der Waals surface area (Å²) in [7, 11) is 0. The first-order valence-electron chi connectivity index (χ1n) is 5.65. The molecule has 4 N–H and O–H groups in total. The van der Waals surface area contributed by atoms with E-state index in [1.54, 1.807) is 18.3 Å². The molecule has 0 amide bonds. The lowest BCUT2D eigenvalue weighted by atomic mass is 10.2. The average Bonchev–Trinajstić information content (AvgIpc) is 2.57. The number of aliphatic hydroxyl groups excluding tert-OH is 1. The molecule has 4 nitrogen and oxygen atoms in total. The Bertz CT molecular complexity index is 509. The van der Waals surface area contributed by atoms with Crippen LogP contribution in [0.5, 0.6) is 0 Å². The van der Waals surface area contributed by atoms with Gasteiger partial charge in [0.15, 0.2) is 5.13 Å². The number of aliphatic hydroxyl groups is 1. The smallest absolute Gasteiger partial charge is 0.184 e. The summed E-state index contributed by atoms with van der Waals surface area (Å²) in [5.74, 6) is 0. The van der Waals surface area contributed by atoms with Crippen LogP contribution in [0.4, 0.5) is 10.8 Å². The Hall–Kier alpha value is -1.33. The van der Waals surface area contributed by atoms with Gasteiger partial charge in [-0.1, -0.05) is 11.3 Å². The van der Waals surface area contributed by atoms with Crippen molar-refractivity contribution in [2.75, 3.05) is 11.1 Å². The Morgan fingerprint density at radius 2 is 2.24 bits per heavy atom. The van der Waals surface area contributed by atoms with E-state index >= 15 is 0 Å². The van der Waals surface area contributed by atoms with Crippen LogP contribution in [0.25, 0.3) is 10.2 Å². The zero-order chi connectivity index (χ0) is 12.4. The van der Waals surface area contributed by atoms with Crippen molar-refractivity contribution < 1.29 is 5.11 Å².